The molecule has 1 amide bonds. The lowest BCUT2D eigenvalue weighted by atomic mass is 9.66. The molecule has 1 aromatic carbocycles. The standard InChI is InChI=1S/C21H28ClN3O2S/c1-14(2)17(24-19-23-10-12-28-19)18(26)25-11-9-21(27,20(3,4)13-25)15-5-7-16(22)8-6-15/h5-8,10,12,14,17,27H,9,11,13H2,1-4H3,(H,23,24)/t17-,21+/m1/s1. The number of nitrogens with zero attached hydrogens (tertiary/aromatic N) is 2. The highest BCUT2D eigenvalue weighted by molar-refractivity contribution is 7.13. The highest BCUT2D eigenvalue weighted by Gasteiger charge is 2.50. The summed E-state index contributed by atoms with van der Waals surface area (Å²) in [6.07, 6.45) is 2.21. The fraction of sp³-hybridized carbons (Fsp3) is 0.524. The highest BCUT2D eigenvalue weighted by atomic mass is 35.5. The van der Waals surface area contributed by atoms with Crippen molar-refractivity contribution in [3.05, 3.63) is 46.4 Å². The first-order chi connectivity index (χ1) is 13.1. The number of anilines is 1. The van der Waals surface area contributed by atoms with Gasteiger partial charge < -0.3 is 15.3 Å². The van der Waals surface area contributed by atoms with Gasteiger partial charge >= 0.3 is 0 Å². The average Bonchev–Trinajstić information content (AvgIpc) is 3.15. The summed E-state index contributed by atoms with van der Waals surface area (Å²) >= 11 is 7.50. The third kappa shape index (κ3) is 4.04. The molecule has 0 unspecified atom stereocenters. The van der Waals surface area contributed by atoms with Crippen LogP contribution in [0.1, 0.15) is 39.7 Å². The van der Waals surface area contributed by atoms with Crippen LogP contribution in [-0.2, 0) is 10.4 Å². The third-order valence-corrected chi connectivity index (χ3v) is 6.68. The van der Waals surface area contributed by atoms with Crippen LogP contribution in [0, 0.1) is 11.3 Å². The summed E-state index contributed by atoms with van der Waals surface area (Å²) < 4.78 is 0. The Balaban J connectivity index is 1.78. The van der Waals surface area contributed by atoms with Crippen molar-refractivity contribution in [2.24, 2.45) is 11.3 Å². The molecule has 1 aliphatic rings. The Morgan fingerprint density at radius 1 is 1.32 bits per heavy atom. The quantitative estimate of drug-likeness (QED) is 0.751. The summed E-state index contributed by atoms with van der Waals surface area (Å²) in [6, 6.07) is 7.01. The molecule has 2 atom stereocenters. The maximum absolute atomic E-state index is 13.3. The fourth-order valence-corrected chi connectivity index (χ4v) is 4.60. The van der Waals surface area contributed by atoms with Gasteiger partial charge in [0, 0.05) is 35.1 Å². The Morgan fingerprint density at radius 3 is 2.54 bits per heavy atom. The Kier molecular flexibility index (Phi) is 6.03. The van der Waals surface area contributed by atoms with Crippen molar-refractivity contribution in [1.29, 1.82) is 0 Å². The fourth-order valence-electron chi connectivity index (χ4n) is 3.91. The van der Waals surface area contributed by atoms with Crippen molar-refractivity contribution in [3.63, 3.8) is 0 Å². The topological polar surface area (TPSA) is 65.5 Å². The number of benzene rings is 1. The van der Waals surface area contributed by atoms with Gasteiger partial charge in [0.25, 0.3) is 0 Å². The van der Waals surface area contributed by atoms with E-state index in [1.807, 2.05) is 50.1 Å². The molecular formula is C21H28ClN3O2S. The molecule has 2 heterocycles. The summed E-state index contributed by atoms with van der Waals surface area (Å²) in [7, 11) is 0. The molecule has 1 saturated heterocycles. The Hall–Kier alpha value is -1.63. The van der Waals surface area contributed by atoms with Gasteiger partial charge in [-0.1, -0.05) is 51.4 Å². The van der Waals surface area contributed by atoms with Crippen LogP contribution in [0.5, 0.6) is 0 Å². The average molecular weight is 422 g/mol. The van der Waals surface area contributed by atoms with E-state index < -0.39 is 11.0 Å². The van der Waals surface area contributed by atoms with Crippen molar-refractivity contribution in [2.45, 2.75) is 45.8 Å². The number of aromatic nitrogens is 1. The molecule has 5 nitrogen and oxygen atoms in total. The minimum atomic E-state index is -1.01. The number of hydrogen-bond donors (Lipinski definition) is 2. The molecule has 1 fully saturated rings. The van der Waals surface area contributed by atoms with Crippen molar-refractivity contribution < 1.29 is 9.90 Å². The maximum atomic E-state index is 13.3. The molecule has 7 heteroatoms. The number of halogens is 1. The Labute approximate surface area is 175 Å². The zero-order valence-electron chi connectivity index (χ0n) is 16.8. The third-order valence-electron chi connectivity index (χ3n) is 5.73. The Morgan fingerprint density at radius 2 is 2.00 bits per heavy atom. The molecule has 3 rings (SSSR count). The maximum Gasteiger partial charge on any atom is 0.245 e. The molecule has 1 aliphatic heterocycles. The van der Waals surface area contributed by atoms with Crippen LogP contribution >= 0.6 is 22.9 Å². The molecule has 28 heavy (non-hydrogen) atoms. The predicted molar refractivity (Wildman–Crippen MR) is 115 cm³/mol. The second-order valence-corrected chi connectivity index (χ2v) is 9.80. The molecule has 2 aromatic rings. The van der Waals surface area contributed by atoms with E-state index in [9.17, 15) is 9.90 Å². The molecular weight excluding hydrogens is 394 g/mol. The van der Waals surface area contributed by atoms with Crippen LogP contribution in [0.2, 0.25) is 5.02 Å². The monoisotopic (exact) mass is 421 g/mol. The highest BCUT2D eigenvalue weighted by Crippen LogP contribution is 2.46. The molecule has 0 bridgehead atoms. The van der Waals surface area contributed by atoms with Crippen LogP contribution in [-0.4, -0.2) is 40.0 Å². The van der Waals surface area contributed by atoms with E-state index in [-0.39, 0.29) is 17.9 Å². The van der Waals surface area contributed by atoms with Gasteiger partial charge in [-0.25, -0.2) is 4.98 Å². The van der Waals surface area contributed by atoms with Crippen molar-refractivity contribution in [3.8, 4) is 0 Å². The molecule has 2 N–H and O–H groups in total. The molecule has 0 saturated carbocycles. The number of amides is 1. The van der Waals surface area contributed by atoms with Crippen molar-refractivity contribution in [1.82, 2.24) is 9.88 Å². The van der Waals surface area contributed by atoms with Gasteiger partial charge in [0.15, 0.2) is 5.13 Å². The zero-order valence-corrected chi connectivity index (χ0v) is 18.3. The lowest BCUT2D eigenvalue weighted by molar-refractivity contribution is -0.154. The van der Waals surface area contributed by atoms with Crippen LogP contribution in [0.15, 0.2) is 35.8 Å². The van der Waals surface area contributed by atoms with Crippen molar-refractivity contribution >= 4 is 34.0 Å². The number of carbonyl (C=O) groups is 1. The first kappa shape index (κ1) is 21.1. The normalized spacial score (nSPS) is 22.9. The summed E-state index contributed by atoms with van der Waals surface area (Å²) in [5, 5.41) is 18.1. The predicted octanol–water partition coefficient (Wildman–Crippen LogP) is 4.38. The second kappa shape index (κ2) is 8.01. The van der Waals surface area contributed by atoms with E-state index in [1.165, 1.54) is 11.3 Å². The number of thiazole rings is 1. The number of likely N-dealkylation sites (tertiary alicyclic amines) is 1. The Bertz CT molecular complexity index is 808. The SMILES string of the molecule is CC(C)[C@@H](Nc1nccs1)C(=O)N1CC[C@](O)(c2ccc(Cl)cc2)C(C)(C)C1. The zero-order chi connectivity index (χ0) is 20.5. The van der Waals surface area contributed by atoms with Gasteiger partial charge in [-0.15, -0.1) is 11.3 Å². The largest absolute Gasteiger partial charge is 0.384 e. The van der Waals surface area contributed by atoms with E-state index >= 15 is 0 Å². The van der Waals surface area contributed by atoms with E-state index in [0.29, 0.717) is 24.5 Å². The van der Waals surface area contributed by atoms with Gasteiger partial charge in [0.1, 0.15) is 6.04 Å². The molecule has 0 aliphatic carbocycles. The molecule has 152 valence electrons. The molecule has 0 radical (unpaired) electrons. The number of aliphatic hydroxyl groups is 1. The van der Waals surface area contributed by atoms with E-state index in [4.69, 9.17) is 11.6 Å². The minimum absolute atomic E-state index is 0.0523. The first-order valence-electron chi connectivity index (χ1n) is 9.57. The van der Waals surface area contributed by atoms with Crippen LogP contribution in [0.25, 0.3) is 0 Å². The van der Waals surface area contributed by atoms with Crippen LogP contribution < -0.4 is 5.32 Å². The van der Waals surface area contributed by atoms with E-state index in [1.54, 1.807) is 18.3 Å². The smallest absolute Gasteiger partial charge is 0.245 e. The number of nitrogens with one attached hydrogen (secondary N) is 1. The second-order valence-electron chi connectivity index (χ2n) is 8.46. The van der Waals surface area contributed by atoms with Gasteiger partial charge in [-0.2, -0.15) is 0 Å². The summed E-state index contributed by atoms with van der Waals surface area (Å²) in [5.41, 5.74) is -0.669. The summed E-state index contributed by atoms with van der Waals surface area (Å²) in [6.45, 7) is 9.07. The van der Waals surface area contributed by atoms with Crippen molar-refractivity contribution in [2.75, 3.05) is 18.4 Å². The van der Waals surface area contributed by atoms with E-state index in [2.05, 4.69) is 10.3 Å². The van der Waals surface area contributed by atoms with Gasteiger partial charge in [0.2, 0.25) is 5.91 Å². The number of rotatable bonds is 5. The summed E-state index contributed by atoms with van der Waals surface area (Å²) in [5.74, 6) is 0.174. The molecule has 1 aromatic heterocycles. The first-order valence-corrected chi connectivity index (χ1v) is 10.8. The van der Waals surface area contributed by atoms with Gasteiger partial charge in [0.05, 0.1) is 5.60 Å². The number of piperidine rings is 1. The number of carbonyl (C=O) groups excluding carboxylic acids is 1. The van der Waals surface area contributed by atoms with E-state index in [0.717, 1.165) is 10.7 Å². The van der Waals surface area contributed by atoms with Gasteiger partial charge in [-0.3, -0.25) is 4.79 Å². The lowest BCUT2D eigenvalue weighted by Crippen LogP contribution is -2.59. The van der Waals surface area contributed by atoms with Crippen LogP contribution in [0.4, 0.5) is 5.13 Å². The summed E-state index contributed by atoms with van der Waals surface area (Å²) in [4.78, 5) is 19.4. The van der Waals surface area contributed by atoms with Gasteiger partial charge in [-0.05, 0) is 30.0 Å². The number of hydrogen-bond acceptors (Lipinski definition) is 5. The lowest BCUT2D eigenvalue weighted by Gasteiger charge is -2.51. The molecule has 0 spiro atoms. The van der Waals surface area contributed by atoms with Crippen LogP contribution in [0.3, 0.4) is 0 Å². The minimum Gasteiger partial charge on any atom is -0.384 e.